The Morgan fingerprint density at radius 1 is 1.14 bits per heavy atom. The van der Waals surface area contributed by atoms with E-state index in [0.29, 0.717) is 6.54 Å². The molecule has 0 unspecified atom stereocenters. The Kier molecular flexibility index (Phi) is 8.12. The van der Waals surface area contributed by atoms with Crippen LogP contribution in [0.15, 0.2) is 30.3 Å². The van der Waals surface area contributed by atoms with Crippen molar-refractivity contribution in [2.45, 2.75) is 44.6 Å². The molecule has 0 spiro atoms. The monoisotopic (exact) mass is 292 g/mol. The van der Waals surface area contributed by atoms with E-state index in [1.165, 1.54) is 5.56 Å². The number of hydrogen-bond acceptors (Lipinski definition) is 3. The number of aryl methyl sites for hydroxylation is 1. The zero-order chi connectivity index (χ0) is 15.5. The van der Waals surface area contributed by atoms with E-state index >= 15 is 0 Å². The van der Waals surface area contributed by atoms with Crippen LogP contribution in [-0.2, 0) is 16.0 Å². The van der Waals surface area contributed by atoms with Crippen LogP contribution < -0.4 is 11.1 Å². The third-order valence-electron chi connectivity index (χ3n) is 3.31. The summed E-state index contributed by atoms with van der Waals surface area (Å²) in [4.78, 5) is 22.0. The Bertz CT molecular complexity index is 434. The second-order valence-electron chi connectivity index (χ2n) is 5.13. The highest BCUT2D eigenvalue weighted by atomic mass is 16.4. The van der Waals surface area contributed by atoms with Gasteiger partial charge in [0.15, 0.2) is 0 Å². The van der Waals surface area contributed by atoms with Crippen molar-refractivity contribution in [3.63, 3.8) is 0 Å². The molecular formula is C16H24N2O3. The van der Waals surface area contributed by atoms with Crippen molar-refractivity contribution in [3.05, 3.63) is 35.9 Å². The number of nitrogens with two attached hydrogens (primary N) is 1. The minimum atomic E-state index is -1.07. The molecular weight excluding hydrogens is 268 g/mol. The quantitative estimate of drug-likeness (QED) is 0.572. The molecule has 0 aliphatic heterocycles. The van der Waals surface area contributed by atoms with Gasteiger partial charge in [0.25, 0.3) is 0 Å². The van der Waals surface area contributed by atoms with Crippen LogP contribution in [0, 0.1) is 0 Å². The van der Waals surface area contributed by atoms with Gasteiger partial charge in [0.2, 0.25) is 5.91 Å². The van der Waals surface area contributed by atoms with Crippen LogP contribution in [0.4, 0.5) is 0 Å². The smallest absolute Gasteiger partial charge is 0.320 e. The summed E-state index contributed by atoms with van der Waals surface area (Å²) < 4.78 is 0. The molecule has 0 bridgehead atoms. The van der Waals surface area contributed by atoms with Crippen molar-refractivity contribution in [1.29, 1.82) is 0 Å². The molecule has 0 fully saturated rings. The fourth-order valence-electron chi connectivity index (χ4n) is 2.00. The maximum atomic E-state index is 11.5. The molecule has 4 N–H and O–H groups in total. The van der Waals surface area contributed by atoms with Crippen LogP contribution in [0.1, 0.15) is 37.7 Å². The minimum Gasteiger partial charge on any atom is -0.480 e. The molecule has 1 aromatic carbocycles. The number of carbonyl (C=O) groups is 2. The van der Waals surface area contributed by atoms with E-state index in [4.69, 9.17) is 10.8 Å². The average molecular weight is 292 g/mol. The van der Waals surface area contributed by atoms with E-state index in [0.717, 1.165) is 25.7 Å². The maximum Gasteiger partial charge on any atom is 0.320 e. The van der Waals surface area contributed by atoms with Gasteiger partial charge in [0.1, 0.15) is 6.04 Å². The molecule has 0 saturated carbocycles. The van der Waals surface area contributed by atoms with E-state index in [9.17, 15) is 9.59 Å². The van der Waals surface area contributed by atoms with Crippen molar-refractivity contribution in [1.82, 2.24) is 5.32 Å². The lowest BCUT2D eigenvalue weighted by Crippen LogP contribution is -2.32. The normalized spacial score (nSPS) is 11.9. The number of aliphatic carboxylic acids is 1. The van der Waals surface area contributed by atoms with E-state index in [2.05, 4.69) is 17.4 Å². The third kappa shape index (κ3) is 8.09. The predicted octanol–water partition coefficient (Wildman–Crippen LogP) is 1.71. The summed E-state index contributed by atoms with van der Waals surface area (Å²) in [5, 5.41) is 11.4. The standard InChI is InChI=1S/C16H24N2O3/c17-14(16(20)21)10-11-15(19)18-12-6-2-5-9-13-7-3-1-4-8-13/h1,3-4,7-8,14H,2,5-6,9-12,17H2,(H,18,19)(H,20,21)/t14-/m0/s1. The molecule has 1 amide bonds. The molecule has 21 heavy (non-hydrogen) atoms. The largest absolute Gasteiger partial charge is 0.480 e. The summed E-state index contributed by atoms with van der Waals surface area (Å²) in [5.41, 5.74) is 6.67. The summed E-state index contributed by atoms with van der Waals surface area (Å²) in [5.74, 6) is -1.20. The van der Waals surface area contributed by atoms with Gasteiger partial charge < -0.3 is 16.2 Å². The van der Waals surface area contributed by atoms with Crippen LogP contribution in [0.5, 0.6) is 0 Å². The summed E-state index contributed by atoms with van der Waals surface area (Å²) in [6.07, 6.45) is 4.49. The van der Waals surface area contributed by atoms with Gasteiger partial charge in [0, 0.05) is 13.0 Å². The van der Waals surface area contributed by atoms with Gasteiger partial charge >= 0.3 is 5.97 Å². The van der Waals surface area contributed by atoms with Crippen molar-refractivity contribution in [2.24, 2.45) is 5.73 Å². The van der Waals surface area contributed by atoms with Gasteiger partial charge in [0.05, 0.1) is 0 Å². The van der Waals surface area contributed by atoms with Crippen LogP contribution >= 0.6 is 0 Å². The van der Waals surface area contributed by atoms with Crippen LogP contribution in [0.2, 0.25) is 0 Å². The number of nitrogens with one attached hydrogen (secondary N) is 1. The Morgan fingerprint density at radius 2 is 1.86 bits per heavy atom. The molecule has 0 radical (unpaired) electrons. The van der Waals surface area contributed by atoms with Crippen molar-refractivity contribution < 1.29 is 14.7 Å². The molecule has 0 aliphatic rings. The van der Waals surface area contributed by atoms with Crippen molar-refractivity contribution >= 4 is 11.9 Å². The number of carboxylic acids is 1. The topological polar surface area (TPSA) is 92.4 Å². The van der Waals surface area contributed by atoms with Crippen LogP contribution in [-0.4, -0.2) is 29.6 Å². The molecule has 116 valence electrons. The van der Waals surface area contributed by atoms with E-state index < -0.39 is 12.0 Å². The van der Waals surface area contributed by atoms with E-state index in [-0.39, 0.29) is 18.7 Å². The van der Waals surface area contributed by atoms with Gasteiger partial charge in [-0.3, -0.25) is 9.59 Å². The predicted molar refractivity (Wildman–Crippen MR) is 81.9 cm³/mol. The van der Waals surface area contributed by atoms with Gasteiger partial charge in [-0.1, -0.05) is 36.8 Å². The van der Waals surface area contributed by atoms with Gasteiger partial charge in [-0.15, -0.1) is 0 Å². The number of amides is 1. The molecule has 0 aliphatic carbocycles. The zero-order valence-corrected chi connectivity index (χ0v) is 12.3. The number of unbranched alkanes of at least 4 members (excludes halogenated alkanes) is 2. The Hall–Kier alpha value is -1.88. The second kappa shape index (κ2) is 9.94. The maximum absolute atomic E-state index is 11.5. The van der Waals surface area contributed by atoms with Gasteiger partial charge in [-0.2, -0.15) is 0 Å². The average Bonchev–Trinajstić information content (AvgIpc) is 2.49. The number of benzene rings is 1. The first kappa shape index (κ1) is 17.2. The summed E-state index contributed by atoms with van der Waals surface area (Å²) in [6.45, 7) is 0.635. The van der Waals surface area contributed by atoms with Crippen LogP contribution in [0.25, 0.3) is 0 Å². The van der Waals surface area contributed by atoms with Crippen LogP contribution in [0.3, 0.4) is 0 Å². The fraction of sp³-hybridized carbons (Fsp3) is 0.500. The fourth-order valence-corrected chi connectivity index (χ4v) is 2.00. The molecule has 0 saturated heterocycles. The summed E-state index contributed by atoms with van der Waals surface area (Å²) in [6, 6.07) is 9.37. The molecule has 0 heterocycles. The lowest BCUT2D eigenvalue weighted by Gasteiger charge is -2.07. The lowest BCUT2D eigenvalue weighted by atomic mass is 10.1. The Morgan fingerprint density at radius 3 is 2.52 bits per heavy atom. The Labute approximate surface area is 125 Å². The molecule has 5 heteroatoms. The highest BCUT2D eigenvalue weighted by Crippen LogP contribution is 2.05. The molecule has 1 aromatic rings. The van der Waals surface area contributed by atoms with Gasteiger partial charge in [-0.25, -0.2) is 0 Å². The zero-order valence-electron chi connectivity index (χ0n) is 12.3. The number of carbonyl (C=O) groups excluding carboxylic acids is 1. The second-order valence-corrected chi connectivity index (χ2v) is 5.13. The minimum absolute atomic E-state index is 0.130. The third-order valence-corrected chi connectivity index (χ3v) is 3.31. The molecule has 0 aromatic heterocycles. The SMILES string of the molecule is N[C@@H](CCC(=O)NCCCCCc1ccccc1)C(=O)O. The number of hydrogen-bond donors (Lipinski definition) is 3. The van der Waals surface area contributed by atoms with E-state index in [1.54, 1.807) is 0 Å². The number of rotatable bonds is 10. The van der Waals surface area contributed by atoms with Gasteiger partial charge in [-0.05, 0) is 31.2 Å². The van der Waals surface area contributed by atoms with Crippen molar-refractivity contribution in [2.75, 3.05) is 6.54 Å². The first-order chi connectivity index (χ1) is 10.1. The lowest BCUT2D eigenvalue weighted by molar-refractivity contribution is -0.138. The highest BCUT2D eigenvalue weighted by molar-refractivity contribution is 5.78. The first-order valence-corrected chi connectivity index (χ1v) is 7.38. The first-order valence-electron chi connectivity index (χ1n) is 7.38. The summed E-state index contributed by atoms with van der Waals surface area (Å²) >= 11 is 0. The summed E-state index contributed by atoms with van der Waals surface area (Å²) in [7, 11) is 0. The van der Waals surface area contributed by atoms with E-state index in [1.807, 2.05) is 18.2 Å². The number of carboxylic acid groups (broad SMARTS) is 1. The molecule has 1 atom stereocenters. The van der Waals surface area contributed by atoms with Crippen molar-refractivity contribution in [3.8, 4) is 0 Å². The highest BCUT2D eigenvalue weighted by Gasteiger charge is 2.12. The molecule has 5 nitrogen and oxygen atoms in total. The molecule has 1 rings (SSSR count). The Balaban J connectivity index is 1.98.